The van der Waals surface area contributed by atoms with Crippen molar-refractivity contribution in [3.05, 3.63) is 29.8 Å². The molecule has 0 aliphatic heterocycles. The molecule has 21 heavy (non-hydrogen) atoms. The van der Waals surface area contributed by atoms with Crippen molar-refractivity contribution in [1.29, 1.82) is 0 Å². The Hall–Kier alpha value is -1.59. The topological polar surface area (TPSA) is 84.2 Å². The van der Waals surface area contributed by atoms with Crippen LogP contribution in [0.4, 0.5) is 5.69 Å². The lowest BCUT2D eigenvalue weighted by Crippen LogP contribution is -2.34. The molecule has 0 bridgehead atoms. The molecule has 0 aliphatic rings. The first-order valence-electron chi connectivity index (χ1n) is 6.78. The van der Waals surface area contributed by atoms with Crippen LogP contribution in [0.2, 0.25) is 0 Å². The van der Waals surface area contributed by atoms with Crippen LogP contribution in [0.25, 0.3) is 0 Å². The molecular formula is C15H24ClN3O2. The SMILES string of the molecule is CC(C)NC(=O)c1ccc(NC(=O)C(C)C(C)N)cc1.Cl. The number of nitrogens with one attached hydrogen (secondary N) is 2. The van der Waals surface area contributed by atoms with Gasteiger partial charge in [-0.2, -0.15) is 0 Å². The van der Waals surface area contributed by atoms with Crippen molar-refractivity contribution in [3.63, 3.8) is 0 Å². The van der Waals surface area contributed by atoms with Crippen molar-refractivity contribution in [3.8, 4) is 0 Å². The quantitative estimate of drug-likeness (QED) is 0.779. The fourth-order valence-electron chi connectivity index (χ4n) is 1.55. The van der Waals surface area contributed by atoms with Gasteiger partial charge in [0, 0.05) is 23.3 Å². The van der Waals surface area contributed by atoms with Crippen LogP contribution in [-0.4, -0.2) is 23.9 Å². The van der Waals surface area contributed by atoms with Crippen LogP contribution in [0.5, 0.6) is 0 Å². The summed E-state index contributed by atoms with van der Waals surface area (Å²) in [6.45, 7) is 7.39. The summed E-state index contributed by atoms with van der Waals surface area (Å²) in [5, 5.41) is 5.59. The number of hydrogen-bond acceptors (Lipinski definition) is 3. The summed E-state index contributed by atoms with van der Waals surface area (Å²) < 4.78 is 0. The lowest BCUT2D eigenvalue weighted by Gasteiger charge is -2.15. The summed E-state index contributed by atoms with van der Waals surface area (Å²) in [7, 11) is 0. The van der Waals surface area contributed by atoms with Gasteiger partial charge in [-0.05, 0) is 45.0 Å². The summed E-state index contributed by atoms with van der Waals surface area (Å²) in [5.74, 6) is -0.514. The molecule has 0 saturated carbocycles. The number of nitrogens with two attached hydrogens (primary N) is 1. The number of anilines is 1. The molecule has 1 aromatic carbocycles. The highest BCUT2D eigenvalue weighted by atomic mass is 35.5. The number of halogens is 1. The van der Waals surface area contributed by atoms with E-state index in [2.05, 4.69) is 10.6 Å². The highest BCUT2D eigenvalue weighted by molar-refractivity contribution is 5.96. The van der Waals surface area contributed by atoms with E-state index in [9.17, 15) is 9.59 Å². The Kier molecular flexibility index (Phi) is 7.99. The van der Waals surface area contributed by atoms with E-state index in [1.165, 1.54) is 0 Å². The van der Waals surface area contributed by atoms with Gasteiger partial charge in [0.05, 0.1) is 5.92 Å². The standard InChI is InChI=1S/C15H23N3O2.ClH/c1-9(2)17-15(20)12-5-7-13(8-6-12)18-14(19)10(3)11(4)16;/h5-11H,16H2,1-4H3,(H,17,20)(H,18,19);1H. The number of amides is 2. The second-order valence-electron chi connectivity index (χ2n) is 5.34. The van der Waals surface area contributed by atoms with E-state index in [1.807, 2.05) is 13.8 Å². The Morgan fingerprint density at radius 2 is 1.57 bits per heavy atom. The van der Waals surface area contributed by atoms with E-state index in [1.54, 1.807) is 38.1 Å². The first-order chi connectivity index (χ1) is 9.31. The number of carbonyl (C=O) groups excluding carboxylic acids is 2. The van der Waals surface area contributed by atoms with Gasteiger partial charge in [0.25, 0.3) is 5.91 Å². The van der Waals surface area contributed by atoms with Crippen LogP contribution in [0.1, 0.15) is 38.1 Å². The molecule has 2 atom stereocenters. The van der Waals surface area contributed by atoms with Crippen LogP contribution >= 0.6 is 12.4 Å². The molecule has 1 aromatic rings. The van der Waals surface area contributed by atoms with Crippen LogP contribution < -0.4 is 16.4 Å². The lowest BCUT2D eigenvalue weighted by molar-refractivity contribution is -0.119. The van der Waals surface area contributed by atoms with E-state index in [-0.39, 0.29) is 42.2 Å². The van der Waals surface area contributed by atoms with Crippen molar-refractivity contribution >= 4 is 29.9 Å². The highest BCUT2D eigenvalue weighted by Gasteiger charge is 2.17. The van der Waals surface area contributed by atoms with E-state index in [0.717, 1.165) is 0 Å². The molecule has 0 heterocycles. The largest absolute Gasteiger partial charge is 0.350 e. The Morgan fingerprint density at radius 1 is 1.05 bits per heavy atom. The van der Waals surface area contributed by atoms with Crippen LogP contribution in [-0.2, 0) is 4.79 Å². The number of benzene rings is 1. The van der Waals surface area contributed by atoms with Crippen LogP contribution in [0, 0.1) is 5.92 Å². The van der Waals surface area contributed by atoms with Crippen LogP contribution in [0.15, 0.2) is 24.3 Å². The van der Waals surface area contributed by atoms with Crippen molar-refractivity contribution in [2.45, 2.75) is 39.8 Å². The van der Waals surface area contributed by atoms with Crippen molar-refractivity contribution < 1.29 is 9.59 Å². The second-order valence-corrected chi connectivity index (χ2v) is 5.34. The minimum atomic E-state index is -0.265. The second kappa shape index (κ2) is 8.64. The molecule has 0 spiro atoms. The van der Waals surface area contributed by atoms with Gasteiger partial charge in [0.15, 0.2) is 0 Å². The molecule has 0 fully saturated rings. The van der Waals surface area contributed by atoms with Gasteiger partial charge in [0.2, 0.25) is 5.91 Å². The number of hydrogen-bond donors (Lipinski definition) is 3. The zero-order chi connectivity index (χ0) is 15.3. The summed E-state index contributed by atoms with van der Waals surface area (Å²) >= 11 is 0. The fraction of sp³-hybridized carbons (Fsp3) is 0.467. The molecule has 0 aliphatic carbocycles. The molecule has 0 saturated heterocycles. The summed E-state index contributed by atoms with van der Waals surface area (Å²) in [6.07, 6.45) is 0. The third-order valence-corrected chi connectivity index (χ3v) is 3.04. The molecule has 5 nitrogen and oxygen atoms in total. The average molecular weight is 314 g/mol. The zero-order valence-electron chi connectivity index (χ0n) is 12.8. The Labute approximate surface area is 132 Å². The van der Waals surface area contributed by atoms with Crippen molar-refractivity contribution in [1.82, 2.24) is 5.32 Å². The molecule has 6 heteroatoms. The molecule has 118 valence electrons. The van der Waals surface area contributed by atoms with Crippen LogP contribution in [0.3, 0.4) is 0 Å². The van der Waals surface area contributed by atoms with Gasteiger partial charge in [-0.15, -0.1) is 12.4 Å². The summed E-state index contributed by atoms with van der Waals surface area (Å²) in [4.78, 5) is 23.6. The van der Waals surface area contributed by atoms with Gasteiger partial charge >= 0.3 is 0 Å². The molecule has 4 N–H and O–H groups in total. The molecule has 1 rings (SSSR count). The molecular weight excluding hydrogens is 290 g/mol. The van der Waals surface area contributed by atoms with Gasteiger partial charge in [-0.1, -0.05) is 6.92 Å². The van der Waals surface area contributed by atoms with Gasteiger partial charge in [0.1, 0.15) is 0 Å². The Bertz CT molecular complexity index is 472. The third kappa shape index (κ3) is 6.14. The zero-order valence-corrected chi connectivity index (χ0v) is 13.7. The maximum absolute atomic E-state index is 11.8. The smallest absolute Gasteiger partial charge is 0.251 e. The van der Waals surface area contributed by atoms with E-state index in [4.69, 9.17) is 5.73 Å². The minimum Gasteiger partial charge on any atom is -0.350 e. The lowest BCUT2D eigenvalue weighted by atomic mass is 10.0. The number of carbonyl (C=O) groups is 2. The van der Waals surface area contributed by atoms with E-state index < -0.39 is 0 Å². The first kappa shape index (κ1) is 19.4. The molecule has 2 unspecified atom stereocenters. The average Bonchev–Trinajstić information content (AvgIpc) is 2.37. The van der Waals surface area contributed by atoms with Gasteiger partial charge < -0.3 is 16.4 Å². The molecule has 0 radical (unpaired) electrons. The fourth-order valence-corrected chi connectivity index (χ4v) is 1.55. The van der Waals surface area contributed by atoms with Crippen molar-refractivity contribution in [2.24, 2.45) is 11.7 Å². The molecule has 0 aromatic heterocycles. The Balaban J connectivity index is 0.00000400. The van der Waals surface area contributed by atoms with Crippen molar-refractivity contribution in [2.75, 3.05) is 5.32 Å². The predicted octanol–water partition coefficient (Wildman–Crippen LogP) is 2.17. The minimum absolute atomic E-state index is 0. The summed E-state index contributed by atoms with van der Waals surface area (Å²) in [6, 6.07) is 6.68. The summed E-state index contributed by atoms with van der Waals surface area (Å²) in [5.41, 5.74) is 6.91. The highest BCUT2D eigenvalue weighted by Crippen LogP contribution is 2.12. The monoisotopic (exact) mass is 313 g/mol. The van der Waals surface area contributed by atoms with E-state index in [0.29, 0.717) is 11.3 Å². The predicted molar refractivity (Wildman–Crippen MR) is 87.7 cm³/mol. The maximum Gasteiger partial charge on any atom is 0.251 e. The Morgan fingerprint density at radius 3 is 2.00 bits per heavy atom. The van der Waals surface area contributed by atoms with Gasteiger partial charge in [-0.3, -0.25) is 9.59 Å². The number of rotatable bonds is 5. The normalized spacial score (nSPS) is 13.0. The maximum atomic E-state index is 11.8. The molecule has 2 amide bonds. The third-order valence-electron chi connectivity index (χ3n) is 3.04. The van der Waals surface area contributed by atoms with Gasteiger partial charge in [-0.25, -0.2) is 0 Å². The first-order valence-corrected chi connectivity index (χ1v) is 6.78. The van der Waals surface area contributed by atoms with E-state index >= 15 is 0 Å².